The molecule has 3 unspecified atom stereocenters. The summed E-state index contributed by atoms with van der Waals surface area (Å²) in [5.74, 6) is 0.693. The Hall–Kier alpha value is -2.67. The second-order valence-corrected chi connectivity index (χ2v) is 17.3. The molecule has 2 fully saturated rings. The van der Waals surface area contributed by atoms with Crippen LogP contribution in [-0.2, 0) is 36.1 Å². The molecule has 5 aliphatic rings. The van der Waals surface area contributed by atoms with Crippen LogP contribution in [-0.4, -0.2) is 103 Å². The Balaban J connectivity index is 1.25. The Labute approximate surface area is 307 Å². The lowest BCUT2D eigenvalue weighted by Crippen LogP contribution is -2.50. The van der Waals surface area contributed by atoms with E-state index in [4.69, 9.17) is 30.5 Å². The molecule has 0 aromatic heterocycles. The van der Waals surface area contributed by atoms with Crippen LogP contribution in [0.25, 0.3) is 0 Å². The van der Waals surface area contributed by atoms with Crippen molar-refractivity contribution in [2.45, 2.75) is 74.7 Å². The molecule has 278 valence electrons. The summed E-state index contributed by atoms with van der Waals surface area (Å²) < 4.78 is 54.5. The lowest BCUT2D eigenvalue weighted by Gasteiger charge is -2.46. The van der Waals surface area contributed by atoms with Crippen LogP contribution in [0.4, 0.5) is 5.69 Å². The van der Waals surface area contributed by atoms with E-state index in [1.807, 2.05) is 31.2 Å². The number of aryl methyl sites for hydroxylation is 1. The predicted octanol–water partition coefficient (Wildman–Crippen LogP) is 5.37. The molecule has 1 saturated carbocycles. The number of carbonyl (C=O) groups excluding carboxylic acids is 1. The zero-order valence-corrected chi connectivity index (χ0v) is 31.4. The van der Waals surface area contributed by atoms with Gasteiger partial charge in [0.1, 0.15) is 11.0 Å². The lowest BCUT2D eigenvalue weighted by molar-refractivity contribution is -0.0315. The van der Waals surface area contributed by atoms with E-state index in [9.17, 15) is 13.2 Å². The molecule has 1 amide bonds. The van der Waals surface area contributed by atoms with Crippen LogP contribution in [0.1, 0.15) is 66.9 Å². The topological polar surface area (TPSA) is 107 Å². The van der Waals surface area contributed by atoms with E-state index in [0.29, 0.717) is 44.3 Å². The van der Waals surface area contributed by atoms with Gasteiger partial charge < -0.3 is 23.8 Å². The van der Waals surface area contributed by atoms with Crippen molar-refractivity contribution in [3.05, 3.63) is 70.3 Å². The maximum Gasteiger partial charge on any atom is 0.264 e. The molecule has 1 N–H and O–H groups in total. The first-order chi connectivity index (χ1) is 24.7. The standard InChI is InChI=1S/C39H52ClN3O7S/c1-3-37-36(47-2)8-4-7-34(49-21-18-42-16-19-48-20-17-42)31-12-9-29(31)24-43-25-39(15-5-6-27-22-30(40)11-13-32(27)39)26-50-35-14-10-28(23-33(35)43)38(44)41-51(37,45)46/h4,7,10-11,13-14,22-23,29,31,34,36-37H,3,5-6,8-9,12,15-21,24-26H2,1-2H3,(H,41,44)/b7-4+/t29?,31?,34?,36-,37-,39-/m0/s1. The summed E-state index contributed by atoms with van der Waals surface area (Å²) in [5, 5.41) is -0.173. The second-order valence-electron chi connectivity index (χ2n) is 14.9. The number of amides is 1. The van der Waals surface area contributed by atoms with Gasteiger partial charge in [-0.2, -0.15) is 0 Å². The van der Waals surface area contributed by atoms with Gasteiger partial charge in [-0.1, -0.05) is 36.7 Å². The van der Waals surface area contributed by atoms with Crippen molar-refractivity contribution in [2.75, 3.05) is 71.2 Å². The van der Waals surface area contributed by atoms with Crippen LogP contribution in [0.3, 0.4) is 0 Å². The van der Waals surface area contributed by atoms with Crippen molar-refractivity contribution < 1.29 is 32.2 Å². The Morgan fingerprint density at radius 3 is 2.73 bits per heavy atom. The normalized spacial score (nSPS) is 31.7. The van der Waals surface area contributed by atoms with E-state index in [1.165, 1.54) is 18.2 Å². The molecular formula is C39H52ClN3O7S. The van der Waals surface area contributed by atoms with Gasteiger partial charge in [-0.3, -0.25) is 9.69 Å². The number of nitrogens with zero attached hydrogens (tertiary/aromatic N) is 2. The van der Waals surface area contributed by atoms with Crippen LogP contribution in [0, 0.1) is 11.8 Å². The molecule has 3 aliphatic heterocycles. The Kier molecular flexibility index (Phi) is 11.3. The Morgan fingerprint density at radius 1 is 1.12 bits per heavy atom. The molecule has 10 nitrogen and oxygen atoms in total. The van der Waals surface area contributed by atoms with Gasteiger partial charge in [0.15, 0.2) is 0 Å². The highest BCUT2D eigenvalue weighted by Gasteiger charge is 2.45. The molecule has 6 atom stereocenters. The van der Waals surface area contributed by atoms with Crippen molar-refractivity contribution in [3.63, 3.8) is 0 Å². The predicted molar refractivity (Wildman–Crippen MR) is 198 cm³/mol. The monoisotopic (exact) mass is 741 g/mol. The summed E-state index contributed by atoms with van der Waals surface area (Å²) in [5.41, 5.74) is 3.38. The van der Waals surface area contributed by atoms with Crippen molar-refractivity contribution in [2.24, 2.45) is 11.8 Å². The Morgan fingerprint density at radius 2 is 1.96 bits per heavy atom. The number of benzene rings is 2. The molecule has 0 radical (unpaired) electrons. The molecule has 7 rings (SSSR count). The first kappa shape index (κ1) is 36.7. The minimum Gasteiger partial charge on any atom is -0.490 e. The highest BCUT2D eigenvalue weighted by Crippen LogP contribution is 2.47. The van der Waals surface area contributed by atoms with Gasteiger partial charge in [-0.25, -0.2) is 13.1 Å². The fraction of sp³-hybridized carbons (Fsp3) is 0.615. The molecular weight excluding hydrogens is 690 g/mol. The van der Waals surface area contributed by atoms with Crippen molar-refractivity contribution in [3.8, 4) is 5.75 Å². The highest BCUT2D eigenvalue weighted by molar-refractivity contribution is 7.90. The zero-order chi connectivity index (χ0) is 35.6. The number of sulfonamides is 1. The second kappa shape index (κ2) is 15.7. The fourth-order valence-corrected chi connectivity index (χ4v) is 10.7. The van der Waals surface area contributed by atoms with Gasteiger partial charge in [0.25, 0.3) is 5.91 Å². The van der Waals surface area contributed by atoms with E-state index in [2.05, 4.69) is 32.7 Å². The third-order valence-electron chi connectivity index (χ3n) is 11.9. The molecule has 2 aromatic carbocycles. The van der Waals surface area contributed by atoms with E-state index in [0.717, 1.165) is 82.2 Å². The first-order valence-corrected chi connectivity index (χ1v) is 20.6. The van der Waals surface area contributed by atoms with E-state index in [-0.39, 0.29) is 23.0 Å². The number of carbonyl (C=O) groups is 1. The summed E-state index contributed by atoms with van der Waals surface area (Å²) in [6.07, 6.45) is 9.19. The largest absolute Gasteiger partial charge is 0.490 e. The van der Waals surface area contributed by atoms with Crippen LogP contribution in [0.2, 0.25) is 5.02 Å². The van der Waals surface area contributed by atoms with E-state index in [1.54, 1.807) is 6.07 Å². The maximum atomic E-state index is 13.7. The number of hydrogen-bond donors (Lipinski definition) is 1. The lowest BCUT2D eigenvalue weighted by atomic mass is 9.68. The average molecular weight is 742 g/mol. The number of methoxy groups -OCH3 is 1. The van der Waals surface area contributed by atoms with Crippen LogP contribution < -0.4 is 14.4 Å². The summed E-state index contributed by atoms with van der Waals surface area (Å²) in [6, 6.07) is 11.6. The number of rotatable bonds is 6. The van der Waals surface area contributed by atoms with Gasteiger partial charge in [0.05, 0.1) is 44.3 Å². The number of halogens is 1. The zero-order valence-electron chi connectivity index (χ0n) is 29.9. The summed E-state index contributed by atoms with van der Waals surface area (Å²) in [4.78, 5) is 18.5. The molecule has 51 heavy (non-hydrogen) atoms. The number of morpholine rings is 1. The Bertz CT molecular complexity index is 1700. The number of nitrogens with one attached hydrogen (secondary N) is 1. The van der Waals surface area contributed by atoms with Gasteiger partial charge in [-0.15, -0.1) is 0 Å². The molecule has 3 heterocycles. The third kappa shape index (κ3) is 7.85. The quantitative estimate of drug-likeness (QED) is 0.392. The molecule has 2 aliphatic carbocycles. The molecule has 1 spiro atoms. The van der Waals surface area contributed by atoms with Crippen molar-refractivity contribution >= 4 is 33.2 Å². The third-order valence-corrected chi connectivity index (χ3v) is 14.1. The number of anilines is 1. The van der Waals surface area contributed by atoms with Gasteiger partial charge in [-0.05, 0) is 98.2 Å². The highest BCUT2D eigenvalue weighted by atomic mass is 35.5. The van der Waals surface area contributed by atoms with Crippen molar-refractivity contribution in [1.82, 2.24) is 9.62 Å². The molecule has 2 aromatic rings. The van der Waals surface area contributed by atoms with E-state index < -0.39 is 27.3 Å². The van der Waals surface area contributed by atoms with Crippen molar-refractivity contribution in [1.29, 1.82) is 0 Å². The summed E-state index contributed by atoms with van der Waals surface area (Å²) in [6.45, 7) is 8.55. The van der Waals surface area contributed by atoms with Crippen LogP contribution in [0.5, 0.6) is 5.75 Å². The van der Waals surface area contributed by atoms with Crippen LogP contribution in [0.15, 0.2) is 48.6 Å². The maximum absolute atomic E-state index is 13.7. The molecule has 1 saturated heterocycles. The first-order valence-electron chi connectivity index (χ1n) is 18.7. The average Bonchev–Trinajstić information content (AvgIpc) is 3.26. The van der Waals surface area contributed by atoms with Gasteiger partial charge in [0.2, 0.25) is 10.0 Å². The molecule has 12 heteroatoms. The van der Waals surface area contributed by atoms with Gasteiger partial charge >= 0.3 is 0 Å². The SMILES string of the molecule is CC[C@H]1[C@@H](OC)C/C=C/C(OCCN2CCOCC2)C2CCC2CN2C[C@@]3(CCCc4cc(Cl)ccc43)COc3ccc(cc32)C(=O)NS1(=O)=O. The van der Waals surface area contributed by atoms with Crippen LogP contribution >= 0.6 is 11.6 Å². The number of fused-ring (bicyclic) bond motifs is 4. The van der Waals surface area contributed by atoms with E-state index >= 15 is 0 Å². The number of hydrogen-bond acceptors (Lipinski definition) is 9. The summed E-state index contributed by atoms with van der Waals surface area (Å²) >= 11 is 6.47. The summed E-state index contributed by atoms with van der Waals surface area (Å²) in [7, 11) is -2.54. The smallest absolute Gasteiger partial charge is 0.264 e. The van der Waals surface area contributed by atoms with Gasteiger partial charge in [0, 0.05) is 55.8 Å². The number of ether oxygens (including phenoxy) is 4. The fourth-order valence-electron chi connectivity index (χ4n) is 8.95. The minimum absolute atomic E-state index is 0.118. The minimum atomic E-state index is -4.07. The molecule has 2 bridgehead atoms.